The third-order valence-corrected chi connectivity index (χ3v) is 3.45. The quantitative estimate of drug-likeness (QED) is 0.540. The highest BCUT2D eigenvalue weighted by Gasteiger charge is 2.04. The van der Waals surface area contributed by atoms with Crippen molar-refractivity contribution in [2.45, 2.75) is 0 Å². The van der Waals surface area contributed by atoms with Crippen molar-refractivity contribution in [3.8, 4) is 5.69 Å². The number of rotatable bonds is 4. The Labute approximate surface area is 134 Å². The Morgan fingerprint density at radius 3 is 2.43 bits per heavy atom. The molecule has 3 aromatic rings. The molecule has 3 rings (SSSR count). The van der Waals surface area contributed by atoms with Gasteiger partial charge in [-0.3, -0.25) is 4.99 Å². The molecular formula is C19H16N2O2. The zero-order chi connectivity index (χ0) is 16.1. The molecule has 1 heterocycles. The number of methoxy groups -OCH3 is 1. The number of aliphatic imine (C=N–C) groups is 1. The molecule has 0 amide bonds. The second kappa shape index (κ2) is 6.75. The second-order valence-electron chi connectivity index (χ2n) is 4.94. The first-order valence-corrected chi connectivity index (χ1v) is 7.23. The van der Waals surface area contributed by atoms with Gasteiger partial charge < -0.3 is 9.30 Å². The Balaban J connectivity index is 1.81. The number of hydrogen-bond donors (Lipinski definition) is 0. The van der Waals surface area contributed by atoms with Gasteiger partial charge in [-0.1, -0.05) is 18.2 Å². The smallest absolute Gasteiger partial charge is 0.337 e. The van der Waals surface area contributed by atoms with Gasteiger partial charge in [-0.2, -0.15) is 0 Å². The summed E-state index contributed by atoms with van der Waals surface area (Å²) in [6.45, 7) is 0. The monoisotopic (exact) mass is 304 g/mol. The molecule has 23 heavy (non-hydrogen) atoms. The number of nitrogens with zero attached hydrogens (tertiary/aromatic N) is 2. The van der Waals surface area contributed by atoms with E-state index in [-0.39, 0.29) is 5.97 Å². The number of esters is 1. The maximum Gasteiger partial charge on any atom is 0.337 e. The lowest BCUT2D eigenvalue weighted by Crippen LogP contribution is -2.00. The van der Waals surface area contributed by atoms with Crippen LogP contribution in [0, 0.1) is 0 Å². The lowest BCUT2D eigenvalue weighted by molar-refractivity contribution is 0.0601. The summed E-state index contributed by atoms with van der Waals surface area (Å²) in [4.78, 5) is 15.9. The molecule has 0 fully saturated rings. The van der Waals surface area contributed by atoms with Crippen LogP contribution in [0.3, 0.4) is 0 Å². The molecule has 114 valence electrons. The molecule has 0 unspecified atom stereocenters. The first-order chi connectivity index (χ1) is 11.3. The molecule has 0 aliphatic heterocycles. The van der Waals surface area contributed by atoms with E-state index in [4.69, 9.17) is 0 Å². The Bertz CT molecular complexity index is 818. The van der Waals surface area contributed by atoms with E-state index >= 15 is 0 Å². The van der Waals surface area contributed by atoms with Gasteiger partial charge in [-0.25, -0.2) is 4.79 Å². The minimum Gasteiger partial charge on any atom is -0.465 e. The van der Waals surface area contributed by atoms with Gasteiger partial charge >= 0.3 is 5.97 Å². The van der Waals surface area contributed by atoms with Crippen molar-refractivity contribution in [1.29, 1.82) is 0 Å². The molecule has 0 spiro atoms. The minimum atomic E-state index is -0.349. The first-order valence-electron chi connectivity index (χ1n) is 7.23. The Hall–Kier alpha value is -3.14. The number of ether oxygens (including phenoxy) is 1. The van der Waals surface area contributed by atoms with Crippen LogP contribution in [0.4, 0.5) is 5.69 Å². The molecule has 0 aliphatic carbocycles. The fourth-order valence-electron chi connectivity index (χ4n) is 2.27. The van der Waals surface area contributed by atoms with E-state index in [1.165, 1.54) is 7.11 Å². The number of carbonyl (C=O) groups excluding carboxylic acids is 1. The number of para-hydroxylation sites is 1. The highest BCUT2D eigenvalue weighted by Crippen LogP contribution is 2.15. The fourth-order valence-corrected chi connectivity index (χ4v) is 2.27. The maximum absolute atomic E-state index is 11.4. The zero-order valence-corrected chi connectivity index (χ0v) is 12.7. The van der Waals surface area contributed by atoms with Crippen LogP contribution in [-0.2, 0) is 4.74 Å². The average Bonchev–Trinajstić information content (AvgIpc) is 3.09. The summed E-state index contributed by atoms with van der Waals surface area (Å²) in [5, 5.41) is 0. The lowest BCUT2D eigenvalue weighted by atomic mass is 10.2. The number of carbonyl (C=O) groups is 1. The van der Waals surface area contributed by atoms with E-state index in [1.807, 2.05) is 48.7 Å². The van der Waals surface area contributed by atoms with Crippen LogP contribution < -0.4 is 0 Å². The molecule has 4 heteroatoms. The van der Waals surface area contributed by atoms with Gasteiger partial charge in [0.15, 0.2) is 0 Å². The summed E-state index contributed by atoms with van der Waals surface area (Å²) in [6.07, 6.45) is 3.80. The Morgan fingerprint density at radius 2 is 1.74 bits per heavy atom. The van der Waals surface area contributed by atoms with Gasteiger partial charge in [-0.15, -0.1) is 0 Å². The summed E-state index contributed by atoms with van der Waals surface area (Å²) >= 11 is 0. The summed E-state index contributed by atoms with van der Waals surface area (Å²) in [6, 6.07) is 21.0. The molecule has 0 atom stereocenters. The molecule has 1 aromatic heterocycles. The minimum absolute atomic E-state index is 0.349. The largest absolute Gasteiger partial charge is 0.465 e. The van der Waals surface area contributed by atoms with Gasteiger partial charge in [0.1, 0.15) is 0 Å². The van der Waals surface area contributed by atoms with E-state index in [0.29, 0.717) is 5.56 Å². The van der Waals surface area contributed by atoms with Gasteiger partial charge in [-0.05, 0) is 48.5 Å². The highest BCUT2D eigenvalue weighted by atomic mass is 16.5. The van der Waals surface area contributed by atoms with Crippen molar-refractivity contribution < 1.29 is 9.53 Å². The van der Waals surface area contributed by atoms with Crippen LogP contribution in [0.2, 0.25) is 0 Å². The summed E-state index contributed by atoms with van der Waals surface area (Å²) in [5.74, 6) is -0.349. The third kappa shape index (κ3) is 3.37. The molecule has 4 nitrogen and oxygen atoms in total. The zero-order valence-electron chi connectivity index (χ0n) is 12.7. The Kier molecular flexibility index (Phi) is 4.34. The van der Waals surface area contributed by atoms with Gasteiger partial charge in [0.2, 0.25) is 0 Å². The van der Waals surface area contributed by atoms with E-state index in [2.05, 4.69) is 14.3 Å². The summed E-state index contributed by atoms with van der Waals surface area (Å²) < 4.78 is 6.74. The van der Waals surface area contributed by atoms with E-state index in [1.54, 1.807) is 30.5 Å². The van der Waals surface area contributed by atoms with Crippen molar-refractivity contribution in [2.24, 2.45) is 4.99 Å². The van der Waals surface area contributed by atoms with Crippen LogP contribution >= 0.6 is 0 Å². The molecule has 0 radical (unpaired) electrons. The van der Waals surface area contributed by atoms with Gasteiger partial charge in [0, 0.05) is 11.9 Å². The second-order valence-corrected chi connectivity index (χ2v) is 4.94. The SMILES string of the molecule is COC(=O)c1ccc(N=Cc2cccn2-c2ccccc2)cc1. The van der Waals surface area contributed by atoms with E-state index in [9.17, 15) is 4.79 Å². The Morgan fingerprint density at radius 1 is 1.00 bits per heavy atom. The normalized spacial score (nSPS) is 10.8. The van der Waals surface area contributed by atoms with Crippen molar-refractivity contribution in [3.63, 3.8) is 0 Å². The highest BCUT2D eigenvalue weighted by molar-refractivity contribution is 5.89. The first kappa shape index (κ1) is 14.8. The fraction of sp³-hybridized carbons (Fsp3) is 0.0526. The number of hydrogen-bond acceptors (Lipinski definition) is 3. The topological polar surface area (TPSA) is 43.6 Å². The van der Waals surface area contributed by atoms with Crippen molar-refractivity contribution in [1.82, 2.24) is 4.57 Å². The molecular weight excluding hydrogens is 288 g/mol. The average molecular weight is 304 g/mol. The van der Waals surface area contributed by atoms with E-state index in [0.717, 1.165) is 17.1 Å². The third-order valence-electron chi connectivity index (χ3n) is 3.45. The van der Waals surface area contributed by atoms with Crippen LogP contribution in [0.25, 0.3) is 5.69 Å². The van der Waals surface area contributed by atoms with Crippen molar-refractivity contribution >= 4 is 17.9 Å². The molecule has 0 saturated carbocycles. The van der Waals surface area contributed by atoms with E-state index < -0.39 is 0 Å². The molecule has 0 aliphatic rings. The maximum atomic E-state index is 11.4. The van der Waals surface area contributed by atoms with Crippen LogP contribution in [0.1, 0.15) is 16.1 Å². The summed E-state index contributed by atoms with van der Waals surface area (Å²) in [7, 11) is 1.37. The van der Waals surface area contributed by atoms with Crippen LogP contribution in [0.15, 0.2) is 77.9 Å². The van der Waals surface area contributed by atoms with Crippen LogP contribution in [-0.4, -0.2) is 23.9 Å². The summed E-state index contributed by atoms with van der Waals surface area (Å²) in [5.41, 5.74) is 3.35. The van der Waals surface area contributed by atoms with Crippen molar-refractivity contribution in [2.75, 3.05) is 7.11 Å². The molecule has 0 N–H and O–H groups in total. The number of benzene rings is 2. The predicted molar refractivity (Wildman–Crippen MR) is 90.8 cm³/mol. The lowest BCUT2D eigenvalue weighted by Gasteiger charge is -2.05. The molecule has 0 saturated heterocycles. The number of aromatic nitrogens is 1. The van der Waals surface area contributed by atoms with Gasteiger partial charge in [0.05, 0.1) is 30.3 Å². The molecule has 2 aromatic carbocycles. The standard InChI is InChI=1S/C19H16N2O2/c1-23-19(22)15-9-11-16(12-10-15)20-14-18-8-5-13-21(18)17-6-3-2-4-7-17/h2-14H,1H3. The van der Waals surface area contributed by atoms with Gasteiger partial charge in [0.25, 0.3) is 0 Å². The molecule has 0 bridgehead atoms. The van der Waals surface area contributed by atoms with Crippen LogP contribution in [0.5, 0.6) is 0 Å². The predicted octanol–water partition coefficient (Wildman–Crippen LogP) is 4.01. The van der Waals surface area contributed by atoms with Crippen molar-refractivity contribution in [3.05, 3.63) is 84.2 Å².